The van der Waals surface area contributed by atoms with Crippen molar-refractivity contribution in [2.24, 2.45) is 17.8 Å². The van der Waals surface area contributed by atoms with Gasteiger partial charge in [-0.25, -0.2) is 0 Å². The number of aliphatic hydroxyl groups excluding tert-OH is 2. The molecule has 4 atom stereocenters. The summed E-state index contributed by atoms with van der Waals surface area (Å²) < 4.78 is 0. The molecular weight excluding hydrogens is 614 g/mol. The second kappa shape index (κ2) is 15.2. The summed E-state index contributed by atoms with van der Waals surface area (Å²) in [6, 6.07) is 19.8. The summed E-state index contributed by atoms with van der Waals surface area (Å²) in [5.74, 6) is -1.79. The van der Waals surface area contributed by atoms with Crippen molar-refractivity contribution in [2.75, 3.05) is 19.7 Å². The van der Waals surface area contributed by atoms with Crippen LogP contribution in [0.15, 0.2) is 78.0 Å². The predicted molar refractivity (Wildman–Crippen MR) is 191 cm³/mol. The van der Waals surface area contributed by atoms with Gasteiger partial charge in [0.25, 0.3) is 0 Å². The number of hydrogen-bond donors (Lipinski definition) is 3. The Morgan fingerprint density at radius 1 is 1.00 bits per heavy atom. The molecule has 49 heavy (non-hydrogen) atoms. The molecular formula is C41H49N3O5. The average Bonchev–Trinajstić information content (AvgIpc) is 3.37. The quantitative estimate of drug-likeness (QED) is 0.169. The summed E-state index contributed by atoms with van der Waals surface area (Å²) in [6.45, 7) is 7.95. The monoisotopic (exact) mass is 663 g/mol. The van der Waals surface area contributed by atoms with Gasteiger partial charge in [0, 0.05) is 37.8 Å². The third kappa shape index (κ3) is 7.28. The summed E-state index contributed by atoms with van der Waals surface area (Å²) in [5, 5.41) is 32.9. The lowest BCUT2D eigenvalue weighted by molar-refractivity contribution is -0.144. The zero-order chi connectivity index (χ0) is 34.7. The summed E-state index contributed by atoms with van der Waals surface area (Å²) in [4.78, 5) is 36.6. The number of benzene rings is 2. The lowest BCUT2D eigenvalue weighted by Crippen LogP contribution is -2.47. The van der Waals surface area contributed by atoms with Gasteiger partial charge in [0.2, 0.25) is 11.8 Å². The number of likely N-dealkylation sites (tertiary alicyclic amines) is 2. The third-order valence-electron chi connectivity index (χ3n) is 10.9. The van der Waals surface area contributed by atoms with Gasteiger partial charge in [0.1, 0.15) is 5.75 Å². The normalized spacial score (nSPS) is 22.9. The fourth-order valence-electron chi connectivity index (χ4n) is 8.41. The molecule has 3 aliphatic rings. The highest BCUT2D eigenvalue weighted by molar-refractivity contribution is 6.06. The number of phenolic OH excluding ortho intramolecular Hbond substituents is 1. The zero-order valence-corrected chi connectivity index (χ0v) is 28.9. The molecule has 0 radical (unpaired) electrons. The molecule has 8 heteroatoms. The van der Waals surface area contributed by atoms with Crippen LogP contribution in [0.3, 0.4) is 0 Å². The van der Waals surface area contributed by atoms with Crippen LogP contribution in [-0.4, -0.2) is 73.8 Å². The van der Waals surface area contributed by atoms with E-state index < -0.39 is 23.9 Å². The Kier molecular flexibility index (Phi) is 10.8. The Labute approximate surface area is 289 Å². The number of nitrogens with zero attached hydrogens (tertiary/aromatic N) is 3. The number of amides is 2. The maximum atomic E-state index is 14.1. The van der Waals surface area contributed by atoms with E-state index in [1.807, 2.05) is 75.4 Å². The van der Waals surface area contributed by atoms with E-state index in [4.69, 9.17) is 0 Å². The SMILES string of the molecule is CCC1=C([C@H](O)CC/C(=C/c2cc(C)c(O)c(C)c2)c2ccccn2)[C@H](CO)[C@@H]2C(=O)N(C3CCN(Cc4ccccc4)CC3)C(=O)[C@@H]2C1. The maximum absolute atomic E-state index is 14.1. The molecule has 258 valence electrons. The number of aliphatic hydroxyl groups is 2. The van der Waals surface area contributed by atoms with E-state index in [1.54, 1.807) is 6.20 Å². The minimum Gasteiger partial charge on any atom is -0.507 e. The first-order chi connectivity index (χ1) is 23.7. The number of phenols is 1. The van der Waals surface area contributed by atoms with Gasteiger partial charge in [-0.1, -0.05) is 48.9 Å². The van der Waals surface area contributed by atoms with E-state index in [0.717, 1.165) is 71.6 Å². The van der Waals surface area contributed by atoms with E-state index >= 15 is 0 Å². The second-order valence-electron chi connectivity index (χ2n) is 14.0. The van der Waals surface area contributed by atoms with Crippen molar-refractivity contribution < 1.29 is 24.9 Å². The summed E-state index contributed by atoms with van der Waals surface area (Å²) in [5.41, 5.74) is 7.20. The molecule has 3 heterocycles. The molecule has 2 aliphatic heterocycles. The Morgan fingerprint density at radius 2 is 1.69 bits per heavy atom. The molecule has 2 fully saturated rings. The number of aromatic nitrogens is 1. The van der Waals surface area contributed by atoms with Gasteiger partial charge in [0.15, 0.2) is 0 Å². The molecule has 3 aromatic rings. The van der Waals surface area contributed by atoms with E-state index in [0.29, 0.717) is 25.7 Å². The fraction of sp³-hybridized carbons (Fsp3) is 0.439. The van der Waals surface area contributed by atoms with Crippen LogP contribution in [-0.2, 0) is 16.1 Å². The molecule has 1 aromatic heterocycles. The van der Waals surface area contributed by atoms with Crippen LogP contribution >= 0.6 is 0 Å². The Bertz CT molecular complexity index is 1690. The maximum Gasteiger partial charge on any atom is 0.234 e. The molecule has 2 saturated heterocycles. The Hall–Kier alpha value is -4.11. The molecule has 0 spiro atoms. The molecule has 0 bridgehead atoms. The second-order valence-corrected chi connectivity index (χ2v) is 14.0. The Balaban J connectivity index is 1.19. The minimum absolute atomic E-state index is 0.116. The molecule has 2 amide bonds. The van der Waals surface area contributed by atoms with Crippen molar-refractivity contribution in [1.29, 1.82) is 0 Å². The van der Waals surface area contributed by atoms with Crippen molar-refractivity contribution in [1.82, 2.24) is 14.8 Å². The number of imide groups is 1. The fourth-order valence-corrected chi connectivity index (χ4v) is 8.41. The van der Waals surface area contributed by atoms with Crippen LogP contribution in [0.1, 0.15) is 73.4 Å². The predicted octanol–water partition coefficient (Wildman–Crippen LogP) is 6.07. The summed E-state index contributed by atoms with van der Waals surface area (Å²) in [6.07, 6.45) is 6.33. The number of aryl methyl sites for hydroxylation is 2. The van der Waals surface area contributed by atoms with E-state index in [-0.39, 0.29) is 30.2 Å². The summed E-state index contributed by atoms with van der Waals surface area (Å²) >= 11 is 0. The van der Waals surface area contributed by atoms with Crippen molar-refractivity contribution in [3.05, 3.63) is 106 Å². The van der Waals surface area contributed by atoms with Crippen LogP contribution in [0.5, 0.6) is 5.75 Å². The van der Waals surface area contributed by atoms with Gasteiger partial charge in [-0.2, -0.15) is 0 Å². The Morgan fingerprint density at radius 3 is 2.33 bits per heavy atom. The van der Waals surface area contributed by atoms with E-state index in [2.05, 4.69) is 22.0 Å². The van der Waals surface area contributed by atoms with Crippen LogP contribution in [0, 0.1) is 31.6 Å². The number of aromatic hydroxyl groups is 1. The molecule has 6 rings (SSSR count). The van der Waals surface area contributed by atoms with E-state index in [9.17, 15) is 24.9 Å². The molecule has 0 unspecified atom stereocenters. The van der Waals surface area contributed by atoms with E-state index in [1.165, 1.54) is 10.5 Å². The summed E-state index contributed by atoms with van der Waals surface area (Å²) in [7, 11) is 0. The highest BCUT2D eigenvalue weighted by Crippen LogP contribution is 2.48. The van der Waals surface area contributed by atoms with Crippen molar-refractivity contribution >= 4 is 23.5 Å². The highest BCUT2D eigenvalue weighted by atomic mass is 16.3. The lowest BCUT2D eigenvalue weighted by Gasteiger charge is -2.37. The number of pyridine rings is 1. The van der Waals surface area contributed by atoms with Gasteiger partial charge in [0.05, 0.1) is 30.2 Å². The van der Waals surface area contributed by atoms with Crippen LogP contribution in [0.25, 0.3) is 11.6 Å². The van der Waals surface area contributed by atoms with Gasteiger partial charge in [-0.15, -0.1) is 0 Å². The molecule has 0 saturated carbocycles. The number of carbonyl (C=O) groups excluding carboxylic acids is 2. The van der Waals surface area contributed by atoms with Gasteiger partial charge in [-0.3, -0.25) is 24.4 Å². The molecule has 8 nitrogen and oxygen atoms in total. The van der Waals surface area contributed by atoms with Gasteiger partial charge >= 0.3 is 0 Å². The first-order valence-corrected chi connectivity index (χ1v) is 17.8. The van der Waals surface area contributed by atoms with Crippen molar-refractivity contribution in [3.8, 4) is 5.75 Å². The molecule has 1 aliphatic carbocycles. The number of fused-ring (bicyclic) bond motifs is 1. The standard InChI is InChI=1S/C41H49N3O5/c1-4-30-23-33-38(41(49)44(40(33)48)32-15-18-43(19-16-32)24-28-10-6-5-7-11-28)34(25-45)37(30)36(46)14-13-31(35-12-8-9-17-42-35)22-29-20-26(2)39(47)27(3)21-29/h5-12,17,20-22,32-34,36,38,45-47H,4,13-16,18-19,23-25H2,1-3H3/b31-22-/t33-,34+,36-,38-/m1/s1. The van der Waals surface area contributed by atoms with Crippen LogP contribution in [0.2, 0.25) is 0 Å². The van der Waals surface area contributed by atoms with Gasteiger partial charge in [-0.05, 0) is 116 Å². The number of carbonyl (C=O) groups is 2. The molecule has 3 N–H and O–H groups in total. The number of hydrogen-bond acceptors (Lipinski definition) is 7. The first kappa shape index (κ1) is 34.7. The largest absolute Gasteiger partial charge is 0.507 e. The third-order valence-corrected chi connectivity index (χ3v) is 10.9. The van der Waals surface area contributed by atoms with Crippen molar-refractivity contribution in [3.63, 3.8) is 0 Å². The minimum atomic E-state index is -0.887. The zero-order valence-electron chi connectivity index (χ0n) is 28.9. The first-order valence-electron chi connectivity index (χ1n) is 17.8. The molecule has 2 aromatic carbocycles. The van der Waals surface area contributed by atoms with Gasteiger partial charge < -0.3 is 15.3 Å². The average molecular weight is 664 g/mol. The van der Waals surface area contributed by atoms with Crippen molar-refractivity contribution in [2.45, 2.75) is 78.0 Å². The topological polar surface area (TPSA) is 114 Å². The lowest BCUT2D eigenvalue weighted by atomic mass is 9.67. The smallest absolute Gasteiger partial charge is 0.234 e. The van der Waals surface area contributed by atoms with Crippen LogP contribution < -0.4 is 0 Å². The number of rotatable bonds is 11. The van der Waals surface area contributed by atoms with Crippen LogP contribution in [0.4, 0.5) is 0 Å². The number of allylic oxidation sites excluding steroid dienone is 2. The highest BCUT2D eigenvalue weighted by Gasteiger charge is 2.56. The number of piperidine rings is 1.